The molecule has 110 valence electrons. The second-order valence-corrected chi connectivity index (χ2v) is 5.06. The standard InChI is InChI=1S/C16H17FN2OS/c1-3-20-15-7-5-11(9-13(15)17)19-14-8-10(2)4-6-12(14)16(18)21/h4-9,19H,3H2,1-2H3,(H2,18,21). The predicted octanol–water partition coefficient (Wildman–Crippen LogP) is 3.91. The van der Waals surface area contributed by atoms with Crippen LogP contribution >= 0.6 is 12.2 Å². The van der Waals surface area contributed by atoms with E-state index in [-0.39, 0.29) is 5.75 Å². The summed E-state index contributed by atoms with van der Waals surface area (Å²) in [5.41, 5.74) is 8.86. The van der Waals surface area contributed by atoms with Crippen LogP contribution in [-0.4, -0.2) is 11.6 Å². The van der Waals surface area contributed by atoms with E-state index in [1.165, 1.54) is 6.07 Å². The van der Waals surface area contributed by atoms with Crippen LogP contribution in [0.25, 0.3) is 0 Å². The zero-order valence-electron chi connectivity index (χ0n) is 11.9. The Hall–Kier alpha value is -2.14. The molecule has 2 aromatic carbocycles. The van der Waals surface area contributed by atoms with E-state index in [9.17, 15) is 4.39 Å². The Kier molecular flexibility index (Phi) is 4.75. The number of ether oxygens (including phenoxy) is 1. The Labute approximate surface area is 128 Å². The molecular weight excluding hydrogens is 287 g/mol. The number of thiocarbonyl (C=S) groups is 1. The van der Waals surface area contributed by atoms with E-state index in [2.05, 4.69) is 5.32 Å². The molecule has 3 nitrogen and oxygen atoms in total. The fourth-order valence-electron chi connectivity index (χ4n) is 1.98. The van der Waals surface area contributed by atoms with E-state index in [1.807, 2.05) is 32.0 Å². The average Bonchev–Trinajstić information content (AvgIpc) is 2.42. The first-order valence-corrected chi connectivity index (χ1v) is 7.02. The number of nitrogens with two attached hydrogens (primary N) is 1. The van der Waals surface area contributed by atoms with E-state index in [4.69, 9.17) is 22.7 Å². The molecular formula is C16H17FN2OS. The normalized spacial score (nSPS) is 10.2. The number of hydrogen-bond acceptors (Lipinski definition) is 3. The molecule has 2 rings (SSSR count). The van der Waals surface area contributed by atoms with Crippen molar-refractivity contribution in [1.82, 2.24) is 0 Å². The van der Waals surface area contributed by atoms with Crippen molar-refractivity contribution in [3.63, 3.8) is 0 Å². The number of hydrogen-bond donors (Lipinski definition) is 2. The third kappa shape index (κ3) is 3.70. The summed E-state index contributed by atoms with van der Waals surface area (Å²) in [6.45, 7) is 4.20. The largest absolute Gasteiger partial charge is 0.491 e. The highest BCUT2D eigenvalue weighted by molar-refractivity contribution is 7.80. The lowest BCUT2D eigenvalue weighted by atomic mass is 10.1. The maximum Gasteiger partial charge on any atom is 0.167 e. The Morgan fingerprint density at radius 1 is 1.29 bits per heavy atom. The van der Waals surface area contributed by atoms with Crippen LogP contribution < -0.4 is 15.8 Å². The summed E-state index contributed by atoms with van der Waals surface area (Å²) in [5.74, 6) is -0.173. The van der Waals surface area contributed by atoms with Crippen LogP contribution in [-0.2, 0) is 0 Å². The second kappa shape index (κ2) is 6.54. The Morgan fingerprint density at radius 2 is 2.05 bits per heavy atom. The molecule has 0 fully saturated rings. The van der Waals surface area contributed by atoms with Crippen molar-refractivity contribution in [3.8, 4) is 5.75 Å². The van der Waals surface area contributed by atoms with Crippen LogP contribution in [0.3, 0.4) is 0 Å². The lowest BCUT2D eigenvalue weighted by Gasteiger charge is -2.13. The average molecular weight is 304 g/mol. The molecule has 0 unspecified atom stereocenters. The fraction of sp³-hybridized carbons (Fsp3) is 0.188. The summed E-state index contributed by atoms with van der Waals surface area (Å²) in [5, 5.41) is 3.14. The van der Waals surface area contributed by atoms with E-state index in [1.54, 1.807) is 12.1 Å². The molecule has 0 saturated heterocycles. The number of aryl methyl sites for hydroxylation is 1. The van der Waals surface area contributed by atoms with E-state index in [0.29, 0.717) is 17.3 Å². The Bertz CT molecular complexity index is 673. The van der Waals surface area contributed by atoms with Gasteiger partial charge in [-0.3, -0.25) is 0 Å². The maximum absolute atomic E-state index is 13.9. The summed E-state index contributed by atoms with van der Waals surface area (Å²) >= 11 is 5.03. The number of nitrogens with one attached hydrogen (secondary N) is 1. The quantitative estimate of drug-likeness (QED) is 0.822. The third-order valence-corrected chi connectivity index (χ3v) is 3.17. The maximum atomic E-state index is 13.9. The summed E-state index contributed by atoms with van der Waals surface area (Å²) in [7, 11) is 0. The Morgan fingerprint density at radius 3 is 2.67 bits per heavy atom. The van der Waals surface area contributed by atoms with Gasteiger partial charge in [0.25, 0.3) is 0 Å². The van der Waals surface area contributed by atoms with Crippen molar-refractivity contribution in [2.24, 2.45) is 5.73 Å². The van der Waals surface area contributed by atoms with Gasteiger partial charge >= 0.3 is 0 Å². The van der Waals surface area contributed by atoms with Crippen LogP contribution in [0, 0.1) is 12.7 Å². The predicted molar refractivity (Wildman–Crippen MR) is 87.9 cm³/mol. The molecule has 0 aliphatic heterocycles. The van der Waals surface area contributed by atoms with Gasteiger partial charge in [-0.25, -0.2) is 4.39 Å². The highest BCUT2D eigenvalue weighted by atomic mass is 32.1. The lowest BCUT2D eigenvalue weighted by molar-refractivity contribution is 0.321. The molecule has 0 amide bonds. The van der Waals surface area contributed by atoms with Gasteiger partial charge in [0, 0.05) is 23.0 Å². The van der Waals surface area contributed by atoms with Crippen molar-refractivity contribution in [3.05, 3.63) is 53.3 Å². The van der Waals surface area contributed by atoms with E-state index < -0.39 is 5.82 Å². The first-order valence-electron chi connectivity index (χ1n) is 6.61. The number of benzene rings is 2. The molecule has 0 aliphatic rings. The van der Waals surface area contributed by atoms with Crippen LogP contribution in [0.5, 0.6) is 5.75 Å². The smallest absolute Gasteiger partial charge is 0.167 e. The third-order valence-electron chi connectivity index (χ3n) is 2.95. The van der Waals surface area contributed by atoms with Crippen molar-refractivity contribution in [2.75, 3.05) is 11.9 Å². The van der Waals surface area contributed by atoms with Gasteiger partial charge in [0.2, 0.25) is 0 Å². The molecule has 5 heteroatoms. The van der Waals surface area contributed by atoms with E-state index >= 15 is 0 Å². The monoisotopic (exact) mass is 304 g/mol. The summed E-state index contributed by atoms with van der Waals surface area (Å²) in [6.07, 6.45) is 0. The molecule has 0 heterocycles. The zero-order chi connectivity index (χ0) is 15.4. The number of rotatable bonds is 5. The first kappa shape index (κ1) is 15.3. The topological polar surface area (TPSA) is 47.3 Å². The van der Waals surface area contributed by atoms with Crippen molar-refractivity contribution in [1.29, 1.82) is 0 Å². The Balaban J connectivity index is 2.32. The molecule has 0 saturated carbocycles. The minimum atomic E-state index is -0.411. The summed E-state index contributed by atoms with van der Waals surface area (Å²) in [4.78, 5) is 0.295. The van der Waals surface area contributed by atoms with Gasteiger partial charge in [-0.15, -0.1) is 0 Å². The van der Waals surface area contributed by atoms with Crippen LogP contribution in [0.15, 0.2) is 36.4 Å². The van der Waals surface area contributed by atoms with Crippen molar-refractivity contribution in [2.45, 2.75) is 13.8 Å². The first-order chi connectivity index (χ1) is 10.0. The van der Waals surface area contributed by atoms with Crippen molar-refractivity contribution >= 4 is 28.6 Å². The molecule has 0 atom stereocenters. The molecule has 3 N–H and O–H groups in total. The van der Waals surface area contributed by atoms with Gasteiger partial charge < -0.3 is 15.8 Å². The highest BCUT2D eigenvalue weighted by Gasteiger charge is 2.08. The van der Waals surface area contributed by atoms with Crippen LogP contribution in [0.1, 0.15) is 18.1 Å². The lowest BCUT2D eigenvalue weighted by Crippen LogP contribution is -2.12. The number of anilines is 2. The van der Waals surface area contributed by atoms with Gasteiger partial charge in [0.05, 0.1) is 6.61 Å². The van der Waals surface area contributed by atoms with Gasteiger partial charge in [-0.1, -0.05) is 18.3 Å². The zero-order valence-corrected chi connectivity index (χ0v) is 12.8. The van der Waals surface area contributed by atoms with Gasteiger partial charge in [-0.2, -0.15) is 0 Å². The minimum Gasteiger partial charge on any atom is -0.491 e. The van der Waals surface area contributed by atoms with Gasteiger partial charge in [0.1, 0.15) is 4.99 Å². The summed E-state index contributed by atoms with van der Waals surface area (Å²) in [6, 6.07) is 10.4. The second-order valence-electron chi connectivity index (χ2n) is 4.62. The number of halogens is 1. The molecule has 0 aliphatic carbocycles. The molecule has 0 aromatic heterocycles. The van der Waals surface area contributed by atoms with E-state index in [0.717, 1.165) is 16.8 Å². The SMILES string of the molecule is CCOc1ccc(Nc2cc(C)ccc2C(N)=S)cc1F. The van der Waals surface area contributed by atoms with Crippen molar-refractivity contribution < 1.29 is 9.13 Å². The van der Waals surface area contributed by atoms with Crippen LogP contribution in [0.2, 0.25) is 0 Å². The van der Waals surface area contributed by atoms with Gasteiger partial charge in [-0.05, 0) is 43.7 Å². The van der Waals surface area contributed by atoms with Gasteiger partial charge in [0.15, 0.2) is 11.6 Å². The highest BCUT2D eigenvalue weighted by Crippen LogP contribution is 2.26. The fourth-order valence-corrected chi connectivity index (χ4v) is 2.16. The summed E-state index contributed by atoms with van der Waals surface area (Å²) < 4.78 is 19.0. The van der Waals surface area contributed by atoms with Crippen LogP contribution in [0.4, 0.5) is 15.8 Å². The molecule has 0 bridgehead atoms. The molecule has 2 aromatic rings. The minimum absolute atomic E-state index is 0.238. The molecule has 21 heavy (non-hydrogen) atoms. The molecule has 0 radical (unpaired) electrons. The molecule has 0 spiro atoms.